The van der Waals surface area contributed by atoms with Gasteiger partial charge in [-0.1, -0.05) is 13.0 Å². The van der Waals surface area contributed by atoms with Gasteiger partial charge in [-0.3, -0.25) is 9.98 Å². The van der Waals surface area contributed by atoms with Crippen molar-refractivity contribution in [3.05, 3.63) is 46.9 Å². The van der Waals surface area contributed by atoms with Gasteiger partial charge in [0.05, 0.1) is 12.7 Å². The zero-order chi connectivity index (χ0) is 17.0. The molecule has 2 aromatic rings. The fourth-order valence-corrected chi connectivity index (χ4v) is 3.07. The molecule has 0 aliphatic heterocycles. The maximum absolute atomic E-state index is 5.62. The molecule has 2 N–H and O–H groups in total. The summed E-state index contributed by atoms with van der Waals surface area (Å²) in [6, 6.07) is 8.05. The number of thiophene rings is 1. The zero-order valence-corrected chi connectivity index (χ0v) is 17.9. The van der Waals surface area contributed by atoms with E-state index in [2.05, 4.69) is 52.0 Å². The average Bonchev–Trinajstić information content (AvgIpc) is 3.10. The smallest absolute Gasteiger partial charge is 0.191 e. The van der Waals surface area contributed by atoms with Gasteiger partial charge < -0.3 is 15.4 Å². The zero-order valence-electron chi connectivity index (χ0n) is 14.8. The van der Waals surface area contributed by atoms with E-state index in [1.54, 1.807) is 12.4 Å². The van der Waals surface area contributed by atoms with Crippen molar-refractivity contribution in [2.45, 2.75) is 20.3 Å². The first-order valence-corrected chi connectivity index (χ1v) is 9.23. The fraction of sp³-hybridized carbons (Fsp3) is 0.444. The third kappa shape index (κ3) is 9.06. The Morgan fingerprint density at radius 2 is 2.20 bits per heavy atom. The molecule has 0 fully saturated rings. The number of hydrogen-bond donors (Lipinski definition) is 2. The van der Waals surface area contributed by atoms with Gasteiger partial charge in [0.25, 0.3) is 0 Å². The van der Waals surface area contributed by atoms with Crippen LogP contribution in [0.1, 0.15) is 18.7 Å². The second-order valence-corrected chi connectivity index (χ2v) is 6.60. The van der Waals surface area contributed by atoms with Crippen molar-refractivity contribution >= 4 is 41.3 Å². The number of pyridine rings is 1. The van der Waals surface area contributed by atoms with Gasteiger partial charge in [-0.25, -0.2) is 0 Å². The second-order valence-electron chi connectivity index (χ2n) is 5.57. The first kappa shape index (κ1) is 21.7. The SMILES string of the molecule is CCNC(=NCC(C)Cc1cccs1)NCCOc1cccnc1.I. The maximum Gasteiger partial charge on any atom is 0.191 e. The van der Waals surface area contributed by atoms with Crippen LogP contribution < -0.4 is 15.4 Å². The number of aliphatic imine (C=N–C) groups is 1. The molecular formula is C18H27IN4OS. The van der Waals surface area contributed by atoms with Gasteiger partial charge in [-0.2, -0.15) is 0 Å². The van der Waals surface area contributed by atoms with Gasteiger partial charge in [0.2, 0.25) is 0 Å². The van der Waals surface area contributed by atoms with Gasteiger partial charge in [0.15, 0.2) is 5.96 Å². The van der Waals surface area contributed by atoms with Gasteiger partial charge in [-0.05, 0) is 42.8 Å². The summed E-state index contributed by atoms with van der Waals surface area (Å²) in [5.41, 5.74) is 0. The van der Waals surface area contributed by atoms with Crippen LogP contribution in [0.2, 0.25) is 0 Å². The molecule has 0 saturated carbocycles. The minimum absolute atomic E-state index is 0. The number of guanidine groups is 1. The Morgan fingerprint density at radius 1 is 1.32 bits per heavy atom. The number of hydrogen-bond acceptors (Lipinski definition) is 4. The predicted octanol–water partition coefficient (Wildman–Crippen LogP) is 3.57. The number of ether oxygens (including phenoxy) is 1. The minimum Gasteiger partial charge on any atom is -0.490 e. The Bertz CT molecular complexity index is 592. The molecule has 7 heteroatoms. The molecule has 138 valence electrons. The van der Waals surface area contributed by atoms with E-state index < -0.39 is 0 Å². The van der Waals surface area contributed by atoms with Crippen molar-refractivity contribution in [2.24, 2.45) is 10.9 Å². The lowest BCUT2D eigenvalue weighted by Gasteiger charge is -2.13. The number of rotatable bonds is 9. The van der Waals surface area contributed by atoms with Crippen LogP contribution in [0.15, 0.2) is 47.0 Å². The first-order chi connectivity index (χ1) is 11.8. The molecular weight excluding hydrogens is 447 g/mol. The Kier molecular flexibility index (Phi) is 11.2. The summed E-state index contributed by atoms with van der Waals surface area (Å²) in [5, 5.41) is 8.69. The van der Waals surface area contributed by atoms with E-state index in [0.29, 0.717) is 19.1 Å². The Balaban J connectivity index is 0.00000312. The Hall–Kier alpha value is -1.35. The fourth-order valence-electron chi connectivity index (χ4n) is 2.20. The average molecular weight is 474 g/mol. The molecule has 0 bridgehead atoms. The highest BCUT2D eigenvalue weighted by Crippen LogP contribution is 2.14. The lowest BCUT2D eigenvalue weighted by Crippen LogP contribution is -2.39. The molecule has 2 rings (SSSR count). The number of halogens is 1. The molecule has 0 saturated heterocycles. The molecule has 0 aliphatic rings. The lowest BCUT2D eigenvalue weighted by atomic mass is 10.1. The van der Waals surface area contributed by atoms with Crippen LogP contribution in [0, 0.1) is 5.92 Å². The van der Waals surface area contributed by atoms with E-state index >= 15 is 0 Å². The quantitative estimate of drug-likeness (QED) is 0.253. The molecule has 1 atom stereocenters. The first-order valence-electron chi connectivity index (χ1n) is 8.35. The predicted molar refractivity (Wildman–Crippen MR) is 116 cm³/mol. The van der Waals surface area contributed by atoms with Crippen LogP contribution in [0.4, 0.5) is 0 Å². The van der Waals surface area contributed by atoms with Crippen LogP contribution in [-0.4, -0.2) is 37.2 Å². The molecule has 0 amide bonds. The second kappa shape index (κ2) is 12.9. The maximum atomic E-state index is 5.62. The molecule has 0 aliphatic carbocycles. The molecule has 5 nitrogen and oxygen atoms in total. The largest absolute Gasteiger partial charge is 0.490 e. The monoisotopic (exact) mass is 474 g/mol. The topological polar surface area (TPSA) is 58.5 Å². The van der Waals surface area contributed by atoms with Gasteiger partial charge in [0.1, 0.15) is 12.4 Å². The molecule has 0 aromatic carbocycles. The third-order valence-electron chi connectivity index (χ3n) is 3.33. The number of nitrogens with zero attached hydrogens (tertiary/aromatic N) is 2. The molecule has 2 heterocycles. The van der Waals surface area contributed by atoms with Gasteiger partial charge in [-0.15, -0.1) is 35.3 Å². The molecule has 2 aromatic heterocycles. The van der Waals surface area contributed by atoms with E-state index in [1.807, 2.05) is 23.5 Å². The highest BCUT2D eigenvalue weighted by molar-refractivity contribution is 14.0. The highest BCUT2D eigenvalue weighted by Gasteiger charge is 2.05. The summed E-state index contributed by atoms with van der Waals surface area (Å²) in [5.74, 6) is 2.14. The molecule has 1 unspecified atom stereocenters. The van der Waals surface area contributed by atoms with Gasteiger partial charge >= 0.3 is 0 Å². The minimum atomic E-state index is 0. The number of nitrogens with one attached hydrogen (secondary N) is 2. The normalized spacial score (nSPS) is 12.2. The summed E-state index contributed by atoms with van der Waals surface area (Å²) >= 11 is 1.81. The van der Waals surface area contributed by atoms with Crippen LogP contribution in [0.3, 0.4) is 0 Å². The highest BCUT2D eigenvalue weighted by atomic mass is 127. The van der Waals surface area contributed by atoms with E-state index in [1.165, 1.54) is 4.88 Å². The van der Waals surface area contributed by atoms with Crippen LogP contribution in [0.25, 0.3) is 0 Å². The van der Waals surface area contributed by atoms with E-state index in [0.717, 1.165) is 31.2 Å². The van der Waals surface area contributed by atoms with Crippen molar-refractivity contribution in [1.82, 2.24) is 15.6 Å². The summed E-state index contributed by atoms with van der Waals surface area (Å²) < 4.78 is 5.62. The van der Waals surface area contributed by atoms with Crippen molar-refractivity contribution in [2.75, 3.05) is 26.2 Å². The Morgan fingerprint density at radius 3 is 2.88 bits per heavy atom. The van der Waals surface area contributed by atoms with E-state index in [9.17, 15) is 0 Å². The number of aromatic nitrogens is 1. The summed E-state index contributed by atoms with van der Waals surface area (Å²) in [6.07, 6.45) is 4.52. The van der Waals surface area contributed by atoms with Crippen LogP contribution >= 0.6 is 35.3 Å². The van der Waals surface area contributed by atoms with Crippen molar-refractivity contribution in [3.63, 3.8) is 0 Å². The molecule has 25 heavy (non-hydrogen) atoms. The van der Waals surface area contributed by atoms with Crippen LogP contribution in [-0.2, 0) is 6.42 Å². The lowest BCUT2D eigenvalue weighted by molar-refractivity contribution is 0.320. The van der Waals surface area contributed by atoms with Crippen molar-refractivity contribution in [3.8, 4) is 5.75 Å². The van der Waals surface area contributed by atoms with E-state index in [-0.39, 0.29) is 24.0 Å². The summed E-state index contributed by atoms with van der Waals surface area (Å²) in [7, 11) is 0. The van der Waals surface area contributed by atoms with Gasteiger partial charge in [0, 0.05) is 24.2 Å². The van der Waals surface area contributed by atoms with Crippen molar-refractivity contribution in [1.29, 1.82) is 0 Å². The van der Waals surface area contributed by atoms with Crippen molar-refractivity contribution < 1.29 is 4.74 Å². The van der Waals surface area contributed by atoms with Crippen LogP contribution in [0.5, 0.6) is 5.75 Å². The standard InChI is InChI=1S/C18H26N4OS.HI/c1-3-20-18(21-9-10-23-16-6-4-8-19-14-16)22-13-15(2)12-17-7-5-11-24-17;/h4-8,11,14-15H,3,9-10,12-13H2,1-2H3,(H2,20,21,22);1H. The summed E-state index contributed by atoms with van der Waals surface area (Å²) in [4.78, 5) is 10.1. The Labute approximate surface area is 171 Å². The third-order valence-corrected chi connectivity index (χ3v) is 4.23. The molecule has 0 radical (unpaired) electrons. The van der Waals surface area contributed by atoms with E-state index in [4.69, 9.17) is 4.74 Å². The molecule has 0 spiro atoms. The summed E-state index contributed by atoms with van der Waals surface area (Å²) in [6.45, 7) is 7.21.